The molecule has 1 aromatic carbocycles. The Bertz CT molecular complexity index is 516. The number of ketones is 1. The maximum absolute atomic E-state index is 12.8. The lowest BCUT2D eigenvalue weighted by Gasteiger charge is -2.28. The average molecular weight is 302 g/mol. The van der Waals surface area contributed by atoms with Crippen LogP contribution < -0.4 is 10.5 Å². The van der Waals surface area contributed by atoms with E-state index in [1.165, 1.54) is 0 Å². The maximum atomic E-state index is 12.8. The van der Waals surface area contributed by atoms with Gasteiger partial charge in [0.15, 0.2) is 5.78 Å². The van der Waals surface area contributed by atoms with Crippen molar-refractivity contribution in [2.45, 2.75) is 26.3 Å². The third-order valence-corrected chi connectivity index (χ3v) is 3.45. The molecule has 4 heteroatoms. The van der Waals surface area contributed by atoms with Crippen molar-refractivity contribution >= 4 is 11.5 Å². The Hall–Kier alpha value is -2.07. The van der Waals surface area contributed by atoms with Gasteiger partial charge in [0, 0.05) is 18.7 Å². The van der Waals surface area contributed by atoms with Gasteiger partial charge >= 0.3 is 0 Å². The first-order valence-corrected chi connectivity index (χ1v) is 7.61. The fourth-order valence-corrected chi connectivity index (χ4v) is 2.45. The number of benzene rings is 1. The highest BCUT2D eigenvalue weighted by atomic mass is 16.5. The van der Waals surface area contributed by atoms with E-state index < -0.39 is 0 Å². The van der Waals surface area contributed by atoms with Crippen molar-refractivity contribution in [2.75, 3.05) is 25.4 Å². The summed E-state index contributed by atoms with van der Waals surface area (Å²) in [5.74, 6) is 0.669. The number of hydrogen-bond donors (Lipinski definition) is 1. The number of hydrogen-bond acceptors (Lipinski definition) is 4. The summed E-state index contributed by atoms with van der Waals surface area (Å²) in [6.07, 6.45) is 4.31. The molecule has 120 valence electrons. The van der Waals surface area contributed by atoms with E-state index in [4.69, 9.17) is 10.5 Å². The van der Waals surface area contributed by atoms with Crippen molar-refractivity contribution in [1.82, 2.24) is 4.90 Å². The number of rotatable bonds is 10. The molecular formula is C18H26N2O2. The van der Waals surface area contributed by atoms with Gasteiger partial charge < -0.3 is 10.5 Å². The molecule has 0 aliphatic carbocycles. The van der Waals surface area contributed by atoms with E-state index in [0.717, 1.165) is 0 Å². The van der Waals surface area contributed by atoms with Crippen molar-refractivity contribution in [3.05, 3.63) is 49.1 Å². The molecule has 4 nitrogen and oxygen atoms in total. The zero-order valence-corrected chi connectivity index (χ0v) is 13.5. The number of nitrogens with two attached hydrogens (primary N) is 1. The molecule has 0 saturated carbocycles. The number of Topliss-reactive ketones (excluding diaryl/α,β-unsaturated/α-hetero) is 1. The van der Waals surface area contributed by atoms with Crippen LogP contribution in [-0.4, -0.2) is 36.4 Å². The molecule has 0 aromatic heterocycles. The molecular weight excluding hydrogens is 276 g/mol. The van der Waals surface area contributed by atoms with Gasteiger partial charge in [-0.15, -0.1) is 13.2 Å². The Balaban J connectivity index is 3.02. The van der Waals surface area contributed by atoms with E-state index in [9.17, 15) is 4.79 Å². The summed E-state index contributed by atoms with van der Waals surface area (Å²) in [6.45, 7) is 13.2. The molecule has 0 saturated heterocycles. The van der Waals surface area contributed by atoms with Gasteiger partial charge in [-0.3, -0.25) is 9.69 Å². The Morgan fingerprint density at radius 2 is 1.95 bits per heavy atom. The monoisotopic (exact) mass is 302 g/mol. The molecule has 1 unspecified atom stereocenters. The lowest BCUT2D eigenvalue weighted by atomic mass is 9.99. The molecule has 2 N–H and O–H groups in total. The fraction of sp³-hybridized carbons (Fsp3) is 0.389. The van der Waals surface area contributed by atoms with Gasteiger partial charge in [-0.25, -0.2) is 0 Å². The van der Waals surface area contributed by atoms with Crippen LogP contribution in [0.25, 0.3) is 0 Å². The minimum atomic E-state index is -0.214. The highest BCUT2D eigenvalue weighted by Gasteiger charge is 2.24. The van der Waals surface area contributed by atoms with Crippen LogP contribution in [0.1, 0.15) is 30.6 Å². The van der Waals surface area contributed by atoms with Gasteiger partial charge in [-0.2, -0.15) is 0 Å². The molecule has 0 amide bonds. The summed E-state index contributed by atoms with van der Waals surface area (Å²) in [5, 5.41) is 0. The predicted molar refractivity (Wildman–Crippen MR) is 92.4 cm³/mol. The molecule has 1 rings (SSSR count). The number of carbonyl (C=O) groups is 1. The minimum Gasteiger partial charge on any atom is -0.492 e. The zero-order valence-electron chi connectivity index (χ0n) is 13.5. The van der Waals surface area contributed by atoms with Crippen LogP contribution in [-0.2, 0) is 0 Å². The minimum absolute atomic E-state index is 0.0564. The van der Waals surface area contributed by atoms with Crippen molar-refractivity contribution in [1.29, 1.82) is 0 Å². The standard InChI is InChI=1S/C18H26N2O2/c1-5-11-20(12-6-2)16(7-3)18(21)14-9-10-17(22-8-4)15(19)13-14/h5-6,9-10,13,16H,1-2,7-8,11-12,19H2,3-4H3. The highest BCUT2D eigenvalue weighted by molar-refractivity contribution is 6.01. The summed E-state index contributed by atoms with van der Waals surface area (Å²) in [7, 11) is 0. The fourth-order valence-electron chi connectivity index (χ4n) is 2.45. The summed E-state index contributed by atoms with van der Waals surface area (Å²) in [6, 6.07) is 5.00. The van der Waals surface area contributed by atoms with Gasteiger partial charge in [0.25, 0.3) is 0 Å². The molecule has 0 bridgehead atoms. The lowest BCUT2D eigenvalue weighted by molar-refractivity contribution is 0.0842. The smallest absolute Gasteiger partial charge is 0.180 e. The lowest BCUT2D eigenvalue weighted by Crippen LogP contribution is -2.41. The first kappa shape index (κ1) is 18.0. The number of nitrogen functional groups attached to an aromatic ring is 1. The van der Waals surface area contributed by atoms with E-state index in [0.29, 0.717) is 43.1 Å². The van der Waals surface area contributed by atoms with Crippen molar-refractivity contribution < 1.29 is 9.53 Å². The maximum Gasteiger partial charge on any atom is 0.180 e. The summed E-state index contributed by atoms with van der Waals surface area (Å²) < 4.78 is 5.41. The Kier molecular flexibility index (Phi) is 7.40. The zero-order chi connectivity index (χ0) is 16.5. The normalized spacial score (nSPS) is 12.0. The molecule has 1 atom stereocenters. The Morgan fingerprint density at radius 3 is 2.41 bits per heavy atom. The van der Waals surface area contributed by atoms with Crippen LogP contribution in [0.15, 0.2) is 43.5 Å². The number of ether oxygens (including phenoxy) is 1. The Labute approximate surface area is 133 Å². The first-order chi connectivity index (χ1) is 10.6. The van der Waals surface area contributed by atoms with E-state index in [1.807, 2.05) is 13.8 Å². The van der Waals surface area contributed by atoms with Crippen LogP contribution in [0.5, 0.6) is 5.75 Å². The van der Waals surface area contributed by atoms with Crippen LogP contribution >= 0.6 is 0 Å². The van der Waals surface area contributed by atoms with E-state index in [1.54, 1.807) is 30.4 Å². The molecule has 0 heterocycles. The quantitative estimate of drug-likeness (QED) is 0.409. The van der Waals surface area contributed by atoms with E-state index in [-0.39, 0.29) is 11.8 Å². The van der Waals surface area contributed by atoms with Crippen molar-refractivity contribution in [3.63, 3.8) is 0 Å². The predicted octanol–water partition coefficient (Wildman–Crippen LogP) is 3.30. The van der Waals surface area contributed by atoms with Gasteiger partial charge in [-0.1, -0.05) is 19.1 Å². The second kappa shape index (κ2) is 9.05. The van der Waals surface area contributed by atoms with Gasteiger partial charge in [0.05, 0.1) is 18.3 Å². The van der Waals surface area contributed by atoms with E-state index >= 15 is 0 Å². The summed E-state index contributed by atoms with van der Waals surface area (Å²) >= 11 is 0. The van der Waals surface area contributed by atoms with Crippen molar-refractivity contribution in [2.24, 2.45) is 0 Å². The molecule has 1 aromatic rings. The molecule has 0 aliphatic rings. The summed E-state index contributed by atoms with van der Waals surface area (Å²) in [5.41, 5.74) is 7.05. The van der Waals surface area contributed by atoms with Crippen molar-refractivity contribution in [3.8, 4) is 5.75 Å². The first-order valence-electron chi connectivity index (χ1n) is 7.61. The van der Waals surface area contributed by atoms with Crippen LogP contribution in [0.4, 0.5) is 5.69 Å². The van der Waals surface area contributed by atoms with Gasteiger partial charge in [0.2, 0.25) is 0 Å². The number of carbonyl (C=O) groups excluding carboxylic acids is 1. The number of anilines is 1. The largest absolute Gasteiger partial charge is 0.492 e. The topological polar surface area (TPSA) is 55.6 Å². The van der Waals surface area contributed by atoms with Crippen LogP contribution in [0.2, 0.25) is 0 Å². The third kappa shape index (κ3) is 4.46. The Morgan fingerprint density at radius 1 is 1.32 bits per heavy atom. The number of nitrogens with zero attached hydrogens (tertiary/aromatic N) is 1. The second-order valence-corrected chi connectivity index (χ2v) is 5.01. The van der Waals surface area contributed by atoms with Crippen LogP contribution in [0, 0.1) is 0 Å². The average Bonchev–Trinajstić information content (AvgIpc) is 2.50. The molecule has 0 aliphatic heterocycles. The molecule has 22 heavy (non-hydrogen) atoms. The third-order valence-electron chi connectivity index (χ3n) is 3.45. The van der Waals surface area contributed by atoms with Gasteiger partial charge in [-0.05, 0) is 31.5 Å². The SMILES string of the molecule is C=CCN(CC=C)C(CC)C(=O)c1ccc(OCC)c(N)c1. The highest BCUT2D eigenvalue weighted by Crippen LogP contribution is 2.24. The molecule has 0 spiro atoms. The van der Waals surface area contributed by atoms with Crippen LogP contribution in [0.3, 0.4) is 0 Å². The second-order valence-electron chi connectivity index (χ2n) is 5.01. The molecule has 0 fully saturated rings. The molecule has 0 radical (unpaired) electrons. The summed E-state index contributed by atoms with van der Waals surface area (Å²) in [4.78, 5) is 14.8. The van der Waals surface area contributed by atoms with Gasteiger partial charge in [0.1, 0.15) is 5.75 Å². The van der Waals surface area contributed by atoms with E-state index in [2.05, 4.69) is 18.1 Å².